The van der Waals surface area contributed by atoms with E-state index in [-0.39, 0.29) is 11.6 Å². The third-order valence-corrected chi connectivity index (χ3v) is 4.81. The number of likely N-dealkylation sites (N-methyl/N-ethyl adjacent to an activating group) is 1. The van der Waals surface area contributed by atoms with E-state index in [1.54, 1.807) is 0 Å². The minimum Gasteiger partial charge on any atom is -0.328 e. The van der Waals surface area contributed by atoms with Gasteiger partial charge in [0.1, 0.15) is 0 Å². The molecule has 0 atom stereocenters. The molecule has 0 bridgehead atoms. The molecular formula is C17H25N3O. The third-order valence-electron chi connectivity index (χ3n) is 4.81. The van der Waals surface area contributed by atoms with Crippen molar-refractivity contribution in [3.05, 3.63) is 35.4 Å². The van der Waals surface area contributed by atoms with Crippen LogP contribution in [0.25, 0.3) is 0 Å². The van der Waals surface area contributed by atoms with Crippen LogP contribution in [0, 0.1) is 6.92 Å². The zero-order valence-corrected chi connectivity index (χ0v) is 13.1. The van der Waals surface area contributed by atoms with Crippen LogP contribution in [0.4, 0.5) is 4.79 Å². The van der Waals surface area contributed by atoms with Crippen molar-refractivity contribution < 1.29 is 4.79 Å². The van der Waals surface area contributed by atoms with Crippen molar-refractivity contribution in [1.82, 2.24) is 15.1 Å². The SMILES string of the molecule is CCN1CCN(C(=O)NC2(c3ccc(C)cc3)CC2)CC1. The molecule has 0 aromatic heterocycles. The molecule has 2 amide bonds. The average Bonchev–Trinajstić information content (AvgIpc) is 3.28. The van der Waals surface area contributed by atoms with E-state index < -0.39 is 0 Å². The Morgan fingerprint density at radius 1 is 1.14 bits per heavy atom. The van der Waals surface area contributed by atoms with Gasteiger partial charge in [-0.15, -0.1) is 0 Å². The highest BCUT2D eigenvalue weighted by atomic mass is 16.2. The first-order valence-corrected chi connectivity index (χ1v) is 7.99. The molecule has 114 valence electrons. The second kappa shape index (κ2) is 5.68. The van der Waals surface area contributed by atoms with Crippen LogP contribution in [0.5, 0.6) is 0 Å². The van der Waals surface area contributed by atoms with Crippen LogP contribution in [0.3, 0.4) is 0 Å². The summed E-state index contributed by atoms with van der Waals surface area (Å²) in [6.45, 7) is 8.99. The molecule has 1 saturated carbocycles. The highest BCUT2D eigenvalue weighted by Gasteiger charge is 2.46. The van der Waals surface area contributed by atoms with E-state index >= 15 is 0 Å². The second-order valence-electron chi connectivity index (χ2n) is 6.30. The number of aryl methyl sites for hydroxylation is 1. The number of piperazine rings is 1. The fraction of sp³-hybridized carbons (Fsp3) is 0.588. The van der Waals surface area contributed by atoms with Gasteiger partial charge >= 0.3 is 6.03 Å². The van der Waals surface area contributed by atoms with Gasteiger partial charge in [-0.1, -0.05) is 36.8 Å². The number of carbonyl (C=O) groups excluding carboxylic acids is 1. The molecular weight excluding hydrogens is 262 g/mol. The molecule has 1 N–H and O–H groups in total. The summed E-state index contributed by atoms with van der Waals surface area (Å²) in [4.78, 5) is 16.8. The van der Waals surface area contributed by atoms with E-state index in [0.29, 0.717) is 0 Å². The topological polar surface area (TPSA) is 35.6 Å². The Hall–Kier alpha value is -1.55. The van der Waals surface area contributed by atoms with Crippen LogP contribution in [-0.2, 0) is 5.54 Å². The van der Waals surface area contributed by atoms with Crippen LogP contribution in [-0.4, -0.2) is 48.6 Å². The number of nitrogens with zero attached hydrogens (tertiary/aromatic N) is 2. The van der Waals surface area contributed by atoms with E-state index in [9.17, 15) is 4.79 Å². The van der Waals surface area contributed by atoms with Crippen molar-refractivity contribution >= 4 is 6.03 Å². The van der Waals surface area contributed by atoms with Gasteiger partial charge in [0, 0.05) is 26.2 Å². The van der Waals surface area contributed by atoms with E-state index in [1.807, 2.05) is 4.90 Å². The molecule has 4 nitrogen and oxygen atoms in total. The highest BCUT2D eigenvalue weighted by molar-refractivity contribution is 5.76. The summed E-state index contributed by atoms with van der Waals surface area (Å²) >= 11 is 0. The van der Waals surface area contributed by atoms with Crippen LogP contribution in [0.15, 0.2) is 24.3 Å². The number of urea groups is 1. The Morgan fingerprint density at radius 3 is 2.29 bits per heavy atom. The molecule has 4 heteroatoms. The van der Waals surface area contributed by atoms with E-state index in [0.717, 1.165) is 45.6 Å². The Kier molecular flexibility index (Phi) is 3.89. The van der Waals surface area contributed by atoms with Gasteiger partial charge < -0.3 is 15.1 Å². The lowest BCUT2D eigenvalue weighted by Gasteiger charge is -2.35. The Morgan fingerprint density at radius 2 is 1.76 bits per heavy atom. The lowest BCUT2D eigenvalue weighted by atomic mass is 10.0. The molecule has 21 heavy (non-hydrogen) atoms. The summed E-state index contributed by atoms with van der Waals surface area (Å²) in [5.74, 6) is 0. The number of amides is 2. The molecule has 1 heterocycles. The maximum Gasteiger partial charge on any atom is 0.318 e. The number of hydrogen-bond acceptors (Lipinski definition) is 2. The van der Waals surface area contributed by atoms with Gasteiger partial charge in [0.05, 0.1) is 5.54 Å². The van der Waals surface area contributed by atoms with Gasteiger partial charge in [-0.25, -0.2) is 4.79 Å². The van der Waals surface area contributed by atoms with E-state index in [4.69, 9.17) is 0 Å². The Labute approximate surface area is 127 Å². The van der Waals surface area contributed by atoms with Crippen molar-refractivity contribution in [2.45, 2.75) is 32.2 Å². The molecule has 1 saturated heterocycles. The number of rotatable bonds is 3. The van der Waals surface area contributed by atoms with E-state index in [1.165, 1.54) is 11.1 Å². The van der Waals surface area contributed by atoms with Crippen LogP contribution < -0.4 is 5.32 Å². The van der Waals surface area contributed by atoms with Crippen molar-refractivity contribution in [1.29, 1.82) is 0 Å². The van der Waals surface area contributed by atoms with Gasteiger partial charge in [0.25, 0.3) is 0 Å². The first-order chi connectivity index (χ1) is 10.1. The normalized spacial score (nSPS) is 21.1. The Balaban J connectivity index is 1.61. The summed E-state index contributed by atoms with van der Waals surface area (Å²) in [7, 11) is 0. The second-order valence-corrected chi connectivity index (χ2v) is 6.30. The number of nitrogens with one attached hydrogen (secondary N) is 1. The van der Waals surface area contributed by atoms with Crippen molar-refractivity contribution in [2.75, 3.05) is 32.7 Å². The molecule has 0 unspecified atom stereocenters. The molecule has 1 aromatic carbocycles. The van der Waals surface area contributed by atoms with Gasteiger partial charge in [-0.05, 0) is 31.9 Å². The minimum atomic E-state index is -0.104. The molecule has 1 aliphatic carbocycles. The molecule has 2 fully saturated rings. The van der Waals surface area contributed by atoms with Crippen LogP contribution >= 0.6 is 0 Å². The summed E-state index contributed by atoms with van der Waals surface area (Å²) in [6.07, 6.45) is 2.10. The highest BCUT2D eigenvalue weighted by Crippen LogP contribution is 2.45. The molecule has 0 spiro atoms. The molecule has 3 rings (SSSR count). The largest absolute Gasteiger partial charge is 0.328 e. The molecule has 1 aromatic rings. The zero-order chi connectivity index (χ0) is 14.9. The first-order valence-electron chi connectivity index (χ1n) is 7.99. The van der Waals surface area contributed by atoms with Crippen molar-refractivity contribution in [2.24, 2.45) is 0 Å². The number of hydrogen-bond donors (Lipinski definition) is 1. The molecule has 1 aliphatic heterocycles. The van der Waals surface area contributed by atoms with Gasteiger partial charge in [0.2, 0.25) is 0 Å². The smallest absolute Gasteiger partial charge is 0.318 e. The number of benzene rings is 1. The standard InChI is InChI=1S/C17H25N3O/c1-3-19-10-12-20(13-11-19)16(21)18-17(8-9-17)15-6-4-14(2)5-7-15/h4-7H,3,8-13H2,1-2H3,(H,18,21). The summed E-state index contributed by atoms with van der Waals surface area (Å²) in [5.41, 5.74) is 2.40. The monoisotopic (exact) mass is 287 g/mol. The lowest BCUT2D eigenvalue weighted by molar-refractivity contribution is 0.140. The Bertz CT molecular complexity index is 499. The van der Waals surface area contributed by atoms with Crippen LogP contribution in [0.2, 0.25) is 0 Å². The average molecular weight is 287 g/mol. The van der Waals surface area contributed by atoms with Crippen molar-refractivity contribution in [3.63, 3.8) is 0 Å². The summed E-state index contributed by atoms with van der Waals surface area (Å²) < 4.78 is 0. The third kappa shape index (κ3) is 3.05. The summed E-state index contributed by atoms with van der Waals surface area (Å²) in [6, 6.07) is 8.65. The predicted octanol–water partition coefficient (Wildman–Crippen LogP) is 2.33. The fourth-order valence-electron chi connectivity index (χ4n) is 3.03. The first kappa shape index (κ1) is 14.4. The lowest BCUT2D eigenvalue weighted by Crippen LogP contribution is -2.53. The number of carbonyl (C=O) groups is 1. The minimum absolute atomic E-state index is 0.101. The van der Waals surface area contributed by atoms with Gasteiger partial charge in [-0.3, -0.25) is 0 Å². The molecule has 2 aliphatic rings. The van der Waals surface area contributed by atoms with Gasteiger partial charge in [0.15, 0.2) is 0 Å². The summed E-state index contributed by atoms with van der Waals surface area (Å²) in [5, 5.41) is 3.27. The van der Waals surface area contributed by atoms with Gasteiger partial charge in [-0.2, -0.15) is 0 Å². The quantitative estimate of drug-likeness (QED) is 0.926. The maximum absolute atomic E-state index is 12.5. The predicted molar refractivity (Wildman–Crippen MR) is 84.3 cm³/mol. The van der Waals surface area contributed by atoms with Crippen molar-refractivity contribution in [3.8, 4) is 0 Å². The fourth-order valence-corrected chi connectivity index (χ4v) is 3.03. The zero-order valence-electron chi connectivity index (χ0n) is 13.1. The van der Waals surface area contributed by atoms with E-state index in [2.05, 4.69) is 48.3 Å². The molecule has 0 radical (unpaired) electrons. The van der Waals surface area contributed by atoms with Crippen LogP contribution in [0.1, 0.15) is 30.9 Å². The maximum atomic E-state index is 12.5.